The van der Waals surface area contributed by atoms with Crippen LogP contribution in [0, 0.1) is 5.92 Å². The molecule has 0 bridgehead atoms. The smallest absolute Gasteiger partial charge is 0.355 e. The second kappa shape index (κ2) is 7.63. The van der Waals surface area contributed by atoms with E-state index in [0.717, 1.165) is 28.9 Å². The van der Waals surface area contributed by atoms with E-state index < -0.39 is 11.7 Å². The quantitative estimate of drug-likeness (QED) is 0.696. The van der Waals surface area contributed by atoms with Crippen molar-refractivity contribution >= 4 is 27.7 Å². The topological polar surface area (TPSA) is 45.2 Å². The summed E-state index contributed by atoms with van der Waals surface area (Å²) in [6, 6.07) is 10.2. The number of hydrogen-bond donors (Lipinski definition) is 1. The van der Waals surface area contributed by atoms with Crippen molar-refractivity contribution in [3.8, 4) is 0 Å². The molecule has 4 nitrogen and oxygen atoms in total. The molecule has 1 atom stereocenters. The molecule has 8 heteroatoms. The van der Waals surface area contributed by atoms with Gasteiger partial charge in [0.05, 0.1) is 17.0 Å². The largest absolute Gasteiger partial charge is 0.419 e. The number of hydrogen-bond acceptors (Lipinski definition) is 3. The average molecular weight is 468 g/mol. The van der Waals surface area contributed by atoms with E-state index in [1.807, 2.05) is 24.3 Å². The first-order chi connectivity index (χ1) is 13.8. The first kappa shape index (κ1) is 20.2. The molecule has 1 amide bonds. The summed E-state index contributed by atoms with van der Waals surface area (Å²) in [5.74, 6) is -0.550. The van der Waals surface area contributed by atoms with E-state index in [9.17, 15) is 18.0 Å². The van der Waals surface area contributed by atoms with Crippen LogP contribution < -0.4 is 10.2 Å². The maximum atomic E-state index is 13.4. The number of rotatable bonds is 4. The first-order valence-corrected chi connectivity index (χ1v) is 10.4. The van der Waals surface area contributed by atoms with Crippen LogP contribution in [0.5, 0.6) is 0 Å². The number of anilines is 1. The van der Waals surface area contributed by atoms with Crippen LogP contribution >= 0.6 is 15.9 Å². The predicted molar refractivity (Wildman–Crippen MR) is 107 cm³/mol. The number of piperidine rings is 1. The number of carbonyl (C=O) groups excluding carboxylic acids is 1. The van der Waals surface area contributed by atoms with Gasteiger partial charge in [0.2, 0.25) is 5.91 Å². The first-order valence-electron chi connectivity index (χ1n) is 9.64. The number of carbonyl (C=O) groups is 1. The minimum Gasteiger partial charge on any atom is -0.355 e. The summed E-state index contributed by atoms with van der Waals surface area (Å²) in [7, 11) is 0. The third-order valence-corrected chi connectivity index (χ3v) is 6.22. The van der Waals surface area contributed by atoms with Gasteiger partial charge < -0.3 is 10.2 Å². The minimum absolute atomic E-state index is 0.0912. The van der Waals surface area contributed by atoms with Crippen LogP contribution in [0.2, 0.25) is 0 Å². The van der Waals surface area contributed by atoms with Gasteiger partial charge in [0, 0.05) is 23.8 Å². The molecule has 1 saturated carbocycles. The van der Waals surface area contributed by atoms with Crippen molar-refractivity contribution in [2.75, 3.05) is 18.0 Å². The van der Waals surface area contributed by atoms with E-state index in [4.69, 9.17) is 0 Å². The van der Waals surface area contributed by atoms with Crippen LogP contribution in [0.4, 0.5) is 19.0 Å². The molecule has 1 saturated heterocycles. The van der Waals surface area contributed by atoms with Gasteiger partial charge in [-0.3, -0.25) is 4.79 Å². The number of aromatic nitrogens is 1. The number of nitrogens with zero attached hydrogens (tertiary/aromatic N) is 2. The molecule has 0 unspecified atom stereocenters. The van der Waals surface area contributed by atoms with Gasteiger partial charge in [0.25, 0.3) is 0 Å². The Morgan fingerprint density at radius 1 is 1.21 bits per heavy atom. The van der Waals surface area contributed by atoms with Crippen molar-refractivity contribution in [1.82, 2.24) is 10.3 Å². The summed E-state index contributed by atoms with van der Waals surface area (Å²) in [4.78, 5) is 18.5. The van der Waals surface area contributed by atoms with Crippen LogP contribution in [0.15, 0.2) is 47.1 Å². The van der Waals surface area contributed by atoms with Crippen molar-refractivity contribution in [2.24, 2.45) is 5.92 Å². The van der Waals surface area contributed by atoms with E-state index in [1.165, 1.54) is 12.3 Å². The molecule has 2 aliphatic rings. The Labute approximate surface area is 175 Å². The molecule has 0 spiro atoms. The molecule has 154 valence electrons. The van der Waals surface area contributed by atoms with Crippen LogP contribution in [0.25, 0.3) is 0 Å². The van der Waals surface area contributed by atoms with Crippen molar-refractivity contribution < 1.29 is 18.0 Å². The van der Waals surface area contributed by atoms with Gasteiger partial charge in [0.15, 0.2) is 0 Å². The van der Waals surface area contributed by atoms with Crippen molar-refractivity contribution in [3.63, 3.8) is 0 Å². The standard InChI is InChI=1S/C21H21BrF3N3O/c22-16-7-5-15(6-8-16)20(9-10-20)27-19(29)14-3-2-12-28(13-14)18-17(21(23,24)25)4-1-11-26-18/h1,4-8,11,14H,2-3,9-10,12-13H2,(H,27,29)/t14-/m1/s1. The monoisotopic (exact) mass is 467 g/mol. The van der Waals surface area contributed by atoms with Crippen LogP contribution in [-0.2, 0) is 16.5 Å². The lowest BCUT2D eigenvalue weighted by atomic mass is 9.95. The highest BCUT2D eigenvalue weighted by atomic mass is 79.9. The third kappa shape index (κ3) is 4.27. The van der Waals surface area contributed by atoms with Gasteiger partial charge in [-0.2, -0.15) is 13.2 Å². The Bertz CT molecular complexity index is 897. The minimum atomic E-state index is -4.47. The molecule has 1 N–H and O–H groups in total. The summed E-state index contributed by atoms with van der Waals surface area (Å²) in [5, 5.41) is 3.17. The summed E-state index contributed by atoms with van der Waals surface area (Å²) in [6.07, 6.45) is -0.0614. The zero-order valence-electron chi connectivity index (χ0n) is 15.7. The molecule has 2 heterocycles. The molecular formula is C21H21BrF3N3O. The maximum absolute atomic E-state index is 13.4. The van der Waals surface area contributed by atoms with E-state index in [-0.39, 0.29) is 29.7 Å². The van der Waals surface area contributed by atoms with Gasteiger partial charge in [-0.05, 0) is 55.5 Å². The van der Waals surface area contributed by atoms with E-state index in [0.29, 0.717) is 19.4 Å². The maximum Gasteiger partial charge on any atom is 0.419 e. The molecule has 1 aromatic heterocycles. The molecule has 2 fully saturated rings. The molecular weight excluding hydrogens is 447 g/mol. The Balaban J connectivity index is 1.48. The fraction of sp³-hybridized carbons (Fsp3) is 0.429. The van der Waals surface area contributed by atoms with Crippen LogP contribution in [0.1, 0.15) is 36.8 Å². The second-order valence-electron chi connectivity index (χ2n) is 7.74. The second-order valence-corrected chi connectivity index (χ2v) is 8.65. The summed E-state index contributed by atoms with van der Waals surface area (Å²) in [6.45, 7) is 0.698. The Morgan fingerprint density at radius 3 is 2.59 bits per heavy atom. The van der Waals surface area contributed by atoms with Crippen molar-refractivity contribution in [3.05, 3.63) is 58.2 Å². The van der Waals surface area contributed by atoms with E-state index in [1.54, 1.807) is 4.90 Å². The van der Waals surface area contributed by atoms with Crippen molar-refractivity contribution in [2.45, 2.75) is 37.4 Å². The van der Waals surface area contributed by atoms with Gasteiger partial charge in [0.1, 0.15) is 5.82 Å². The summed E-state index contributed by atoms with van der Waals surface area (Å²) in [5.41, 5.74) is -0.0391. The number of pyridine rings is 1. The molecule has 2 aromatic rings. The van der Waals surface area contributed by atoms with Crippen LogP contribution in [0.3, 0.4) is 0 Å². The number of halogens is 4. The molecule has 1 aliphatic carbocycles. The van der Waals surface area contributed by atoms with E-state index in [2.05, 4.69) is 26.2 Å². The van der Waals surface area contributed by atoms with Gasteiger partial charge in [-0.25, -0.2) is 4.98 Å². The highest BCUT2D eigenvalue weighted by molar-refractivity contribution is 9.10. The van der Waals surface area contributed by atoms with Crippen LogP contribution in [-0.4, -0.2) is 24.0 Å². The summed E-state index contributed by atoms with van der Waals surface area (Å²) >= 11 is 3.42. The molecule has 29 heavy (non-hydrogen) atoms. The number of alkyl halides is 3. The van der Waals surface area contributed by atoms with Gasteiger partial charge in [-0.1, -0.05) is 28.1 Å². The zero-order valence-corrected chi connectivity index (χ0v) is 17.3. The molecule has 1 aliphatic heterocycles. The third-order valence-electron chi connectivity index (χ3n) is 5.69. The SMILES string of the molecule is O=C(NC1(c2ccc(Br)cc2)CC1)[C@@H]1CCCN(c2ncccc2C(F)(F)F)C1. The highest BCUT2D eigenvalue weighted by Gasteiger charge is 2.47. The fourth-order valence-electron chi connectivity index (χ4n) is 3.97. The molecule has 4 rings (SSSR count). The average Bonchev–Trinajstić information content (AvgIpc) is 3.48. The Hall–Kier alpha value is -2.09. The Kier molecular flexibility index (Phi) is 5.31. The van der Waals surface area contributed by atoms with E-state index >= 15 is 0 Å². The number of benzene rings is 1. The van der Waals surface area contributed by atoms with Gasteiger partial charge in [-0.15, -0.1) is 0 Å². The van der Waals surface area contributed by atoms with Gasteiger partial charge >= 0.3 is 6.18 Å². The normalized spacial score (nSPS) is 21.0. The fourth-order valence-corrected chi connectivity index (χ4v) is 4.24. The lowest BCUT2D eigenvalue weighted by Gasteiger charge is -2.35. The highest BCUT2D eigenvalue weighted by Crippen LogP contribution is 2.46. The molecule has 1 aromatic carbocycles. The van der Waals surface area contributed by atoms with Crippen molar-refractivity contribution in [1.29, 1.82) is 0 Å². The number of amides is 1. The lowest BCUT2D eigenvalue weighted by molar-refractivity contribution is -0.137. The lowest BCUT2D eigenvalue weighted by Crippen LogP contribution is -2.46. The predicted octanol–water partition coefficient (Wildman–Crippen LogP) is 4.88. The number of nitrogens with one attached hydrogen (secondary N) is 1. The Morgan fingerprint density at radius 2 is 1.93 bits per heavy atom. The zero-order chi connectivity index (χ0) is 20.6. The molecule has 0 radical (unpaired) electrons. The summed E-state index contributed by atoms with van der Waals surface area (Å²) < 4.78 is 41.0.